The van der Waals surface area contributed by atoms with Crippen LogP contribution in [0.4, 0.5) is 4.39 Å². The minimum absolute atomic E-state index is 0.0903. The normalized spacial score (nSPS) is 18.7. The van der Waals surface area contributed by atoms with Crippen molar-refractivity contribution in [3.05, 3.63) is 71.5 Å². The van der Waals surface area contributed by atoms with Crippen molar-refractivity contribution in [2.75, 3.05) is 46.4 Å². The molecule has 1 unspecified atom stereocenters. The van der Waals surface area contributed by atoms with Crippen molar-refractivity contribution in [1.29, 1.82) is 0 Å². The van der Waals surface area contributed by atoms with Crippen LogP contribution in [0.3, 0.4) is 0 Å². The quantitative estimate of drug-likeness (QED) is 0.515. The number of halogens is 1. The van der Waals surface area contributed by atoms with E-state index in [-0.39, 0.29) is 23.1 Å². The molecule has 1 saturated heterocycles. The summed E-state index contributed by atoms with van der Waals surface area (Å²) in [5, 5.41) is 6.67. The average Bonchev–Trinajstić information content (AvgIpc) is 3.63. The van der Waals surface area contributed by atoms with E-state index in [1.54, 1.807) is 13.1 Å². The molecular weight excluding hydrogens is 407 g/mol. The minimum Gasteiger partial charge on any atom is -0.378 e. The lowest BCUT2D eigenvalue weighted by Gasteiger charge is -2.31. The molecule has 1 amide bonds. The monoisotopic (exact) mass is 438 g/mol. The Labute approximate surface area is 188 Å². The lowest BCUT2D eigenvalue weighted by Crippen LogP contribution is -2.47. The van der Waals surface area contributed by atoms with E-state index in [0.717, 1.165) is 24.0 Å². The van der Waals surface area contributed by atoms with Gasteiger partial charge in [-0.05, 0) is 30.0 Å². The lowest BCUT2D eigenvalue weighted by atomic mass is 9.95. The van der Waals surface area contributed by atoms with Crippen LogP contribution < -0.4 is 10.6 Å². The van der Waals surface area contributed by atoms with Crippen LogP contribution >= 0.6 is 0 Å². The maximum Gasteiger partial charge on any atom is 0.232 e. The van der Waals surface area contributed by atoms with Gasteiger partial charge in [0.05, 0.1) is 19.1 Å². The van der Waals surface area contributed by atoms with Crippen molar-refractivity contribution >= 4 is 11.9 Å². The summed E-state index contributed by atoms with van der Waals surface area (Å²) < 4.78 is 19.7. The van der Waals surface area contributed by atoms with E-state index >= 15 is 0 Å². The van der Waals surface area contributed by atoms with E-state index in [2.05, 4.69) is 15.6 Å². The fourth-order valence-electron chi connectivity index (χ4n) is 4.29. The van der Waals surface area contributed by atoms with Gasteiger partial charge in [-0.2, -0.15) is 0 Å². The molecule has 0 bridgehead atoms. The highest BCUT2D eigenvalue weighted by molar-refractivity contribution is 5.86. The topological polar surface area (TPSA) is 66.0 Å². The van der Waals surface area contributed by atoms with Gasteiger partial charge in [0.1, 0.15) is 5.82 Å². The second kappa shape index (κ2) is 10.1. The number of guanidine groups is 1. The van der Waals surface area contributed by atoms with Crippen LogP contribution in [0.15, 0.2) is 59.6 Å². The standard InChI is InChI=1S/C25H31FN4O2/c1-27-24(29-18-25(11-12-25)21-9-5-6-10-22(21)26)28-17-20(19-7-3-2-4-8-19)23(31)30-13-15-32-16-14-30/h2-10,20H,11-18H2,1H3,(H2,27,28,29). The van der Waals surface area contributed by atoms with Gasteiger partial charge in [-0.25, -0.2) is 4.39 Å². The Bertz CT molecular complexity index is 940. The average molecular weight is 439 g/mol. The third-order valence-corrected chi connectivity index (χ3v) is 6.41. The van der Waals surface area contributed by atoms with Crippen LogP contribution in [0.2, 0.25) is 0 Å². The molecule has 1 aliphatic carbocycles. The first-order valence-corrected chi connectivity index (χ1v) is 11.2. The van der Waals surface area contributed by atoms with Crippen molar-refractivity contribution < 1.29 is 13.9 Å². The third-order valence-electron chi connectivity index (χ3n) is 6.41. The summed E-state index contributed by atoms with van der Waals surface area (Å²) in [5.41, 5.74) is 1.54. The van der Waals surface area contributed by atoms with Gasteiger partial charge >= 0.3 is 0 Å². The van der Waals surface area contributed by atoms with E-state index in [1.807, 2.05) is 47.4 Å². The number of aliphatic imine (C=N–C) groups is 1. The number of nitrogens with one attached hydrogen (secondary N) is 2. The van der Waals surface area contributed by atoms with Gasteiger partial charge < -0.3 is 20.3 Å². The predicted octanol–water partition coefficient (Wildman–Crippen LogP) is 2.66. The smallest absolute Gasteiger partial charge is 0.232 e. The molecule has 6 nitrogen and oxygen atoms in total. The Balaban J connectivity index is 1.40. The predicted molar refractivity (Wildman–Crippen MR) is 123 cm³/mol. The largest absolute Gasteiger partial charge is 0.378 e. The molecule has 170 valence electrons. The number of benzene rings is 2. The molecule has 1 aliphatic heterocycles. The molecular formula is C25H31FN4O2. The molecule has 1 saturated carbocycles. The Morgan fingerprint density at radius 3 is 2.44 bits per heavy atom. The second-order valence-corrected chi connectivity index (χ2v) is 8.47. The van der Waals surface area contributed by atoms with E-state index in [4.69, 9.17) is 4.74 Å². The summed E-state index contributed by atoms with van der Waals surface area (Å²) in [4.78, 5) is 19.5. The number of nitrogens with zero attached hydrogens (tertiary/aromatic N) is 2. The van der Waals surface area contributed by atoms with Crippen molar-refractivity contribution in [3.8, 4) is 0 Å². The second-order valence-electron chi connectivity index (χ2n) is 8.47. The number of ether oxygens (including phenoxy) is 1. The Hall–Kier alpha value is -2.93. The molecule has 1 heterocycles. The van der Waals surface area contributed by atoms with E-state index in [1.165, 1.54) is 6.07 Å². The number of carbonyl (C=O) groups excluding carboxylic acids is 1. The van der Waals surface area contributed by atoms with Crippen molar-refractivity contribution in [3.63, 3.8) is 0 Å². The highest BCUT2D eigenvalue weighted by Crippen LogP contribution is 2.48. The fourth-order valence-corrected chi connectivity index (χ4v) is 4.29. The van der Waals surface area contributed by atoms with Crippen LogP contribution in [-0.4, -0.2) is 63.2 Å². The summed E-state index contributed by atoms with van der Waals surface area (Å²) in [5.74, 6) is 0.222. The first-order chi connectivity index (χ1) is 15.6. The molecule has 0 spiro atoms. The highest BCUT2D eigenvalue weighted by Gasteiger charge is 2.45. The summed E-state index contributed by atoms with van der Waals surface area (Å²) >= 11 is 0. The molecule has 32 heavy (non-hydrogen) atoms. The fraction of sp³-hybridized carbons (Fsp3) is 0.440. The molecule has 2 N–H and O–H groups in total. The number of morpholine rings is 1. The zero-order chi connectivity index (χ0) is 22.4. The van der Waals surface area contributed by atoms with Crippen LogP contribution in [0.5, 0.6) is 0 Å². The number of carbonyl (C=O) groups is 1. The van der Waals surface area contributed by atoms with Crippen molar-refractivity contribution in [2.45, 2.75) is 24.2 Å². The van der Waals surface area contributed by atoms with Crippen LogP contribution in [0, 0.1) is 5.82 Å². The molecule has 4 rings (SSSR count). The van der Waals surface area contributed by atoms with Gasteiger partial charge in [0.15, 0.2) is 5.96 Å². The zero-order valence-corrected chi connectivity index (χ0v) is 18.5. The van der Waals surface area contributed by atoms with E-state index in [9.17, 15) is 9.18 Å². The SMILES string of the molecule is CN=C(NCC(C(=O)N1CCOCC1)c1ccccc1)NCC1(c2ccccc2F)CC1. The van der Waals surface area contributed by atoms with Crippen LogP contribution in [0.1, 0.15) is 29.9 Å². The van der Waals surface area contributed by atoms with E-state index < -0.39 is 0 Å². The van der Waals surface area contributed by atoms with E-state index in [0.29, 0.717) is 45.4 Å². The Kier molecular flexibility index (Phi) is 7.05. The summed E-state index contributed by atoms with van der Waals surface area (Å²) in [6.45, 7) is 3.39. The van der Waals surface area contributed by atoms with Crippen LogP contribution in [0.25, 0.3) is 0 Å². The number of hydrogen-bond acceptors (Lipinski definition) is 3. The van der Waals surface area contributed by atoms with Crippen LogP contribution in [-0.2, 0) is 14.9 Å². The molecule has 2 fully saturated rings. The van der Waals surface area contributed by atoms with Crippen molar-refractivity contribution in [2.24, 2.45) is 4.99 Å². The first-order valence-electron chi connectivity index (χ1n) is 11.2. The summed E-state index contributed by atoms with van der Waals surface area (Å²) in [6, 6.07) is 16.8. The number of rotatable bonds is 7. The molecule has 2 aliphatic rings. The van der Waals surface area contributed by atoms with Gasteiger partial charge in [-0.15, -0.1) is 0 Å². The molecule has 2 aromatic carbocycles. The summed E-state index contributed by atoms with van der Waals surface area (Å²) in [7, 11) is 1.71. The number of hydrogen-bond donors (Lipinski definition) is 2. The van der Waals surface area contributed by atoms with Gasteiger partial charge in [-0.3, -0.25) is 9.79 Å². The zero-order valence-electron chi connectivity index (χ0n) is 18.5. The maximum absolute atomic E-state index is 14.3. The Morgan fingerprint density at radius 2 is 1.78 bits per heavy atom. The highest BCUT2D eigenvalue weighted by atomic mass is 19.1. The van der Waals surface area contributed by atoms with Gasteiger partial charge in [-0.1, -0.05) is 48.5 Å². The molecule has 7 heteroatoms. The molecule has 0 radical (unpaired) electrons. The third kappa shape index (κ3) is 5.10. The maximum atomic E-state index is 14.3. The lowest BCUT2D eigenvalue weighted by molar-refractivity contribution is -0.136. The minimum atomic E-state index is -0.325. The van der Waals surface area contributed by atoms with Gasteiger partial charge in [0, 0.05) is 38.6 Å². The Morgan fingerprint density at radius 1 is 1.09 bits per heavy atom. The van der Waals surface area contributed by atoms with Gasteiger partial charge in [0.2, 0.25) is 5.91 Å². The van der Waals surface area contributed by atoms with Gasteiger partial charge in [0.25, 0.3) is 0 Å². The first kappa shape index (κ1) is 22.3. The molecule has 1 atom stereocenters. The van der Waals surface area contributed by atoms with Crippen molar-refractivity contribution in [1.82, 2.24) is 15.5 Å². The molecule has 0 aromatic heterocycles. The molecule has 2 aromatic rings. The summed E-state index contributed by atoms with van der Waals surface area (Å²) in [6.07, 6.45) is 1.89. The number of amides is 1.